The number of aliphatic hydroxyl groups is 1. The van der Waals surface area contributed by atoms with E-state index in [4.69, 9.17) is 0 Å². The molecule has 0 fully saturated rings. The molecule has 158 valence electrons. The number of carbonyl (C=O) groups excluding carboxylic acids is 1. The highest BCUT2D eigenvalue weighted by atomic mass is 28.4. The van der Waals surface area contributed by atoms with Crippen LogP contribution in [0.5, 0.6) is 0 Å². The number of hydrogen-bond acceptors (Lipinski definition) is 3. The van der Waals surface area contributed by atoms with Crippen LogP contribution in [0.2, 0.25) is 18.1 Å². The summed E-state index contributed by atoms with van der Waals surface area (Å²) in [5, 5.41) is 10.7. The molecule has 0 aromatic heterocycles. The molecule has 2 rings (SSSR count). The van der Waals surface area contributed by atoms with Crippen molar-refractivity contribution in [3.05, 3.63) is 70.8 Å². The van der Waals surface area contributed by atoms with Gasteiger partial charge in [0.25, 0.3) is 5.91 Å². The predicted molar refractivity (Wildman–Crippen MR) is 122 cm³/mol. The summed E-state index contributed by atoms with van der Waals surface area (Å²) in [6, 6.07) is 15.1. The summed E-state index contributed by atoms with van der Waals surface area (Å²) in [5.74, 6) is 0.0102. The SMILES string of the molecule is CCN(CC)C(=O)c1ccc(C(O)c2cccc(CC(C)(C)[Si](C)(C)O)c2)cc1. The summed E-state index contributed by atoms with van der Waals surface area (Å²) in [6.45, 7) is 13.4. The molecule has 0 saturated heterocycles. The third-order valence-electron chi connectivity index (χ3n) is 6.09. The lowest BCUT2D eigenvalue weighted by atomic mass is 9.95. The molecule has 4 nitrogen and oxygen atoms in total. The largest absolute Gasteiger partial charge is 0.432 e. The van der Waals surface area contributed by atoms with Gasteiger partial charge in [-0.05, 0) is 67.2 Å². The molecule has 2 N–H and O–H groups in total. The van der Waals surface area contributed by atoms with Crippen LogP contribution >= 0.6 is 0 Å². The van der Waals surface area contributed by atoms with E-state index in [1.807, 2.05) is 63.3 Å². The summed E-state index contributed by atoms with van der Waals surface area (Å²) in [5.41, 5.74) is 3.32. The van der Waals surface area contributed by atoms with Crippen LogP contribution in [-0.2, 0) is 6.42 Å². The number of hydrogen-bond donors (Lipinski definition) is 2. The van der Waals surface area contributed by atoms with Crippen molar-refractivity contribution in [2.24, 2.45) is 0 Å². The number of benzene rings is 2. The molecule has 1 unspecified atom stereocenters. The predicted octanol–water partition coefficient (Wildman–Crippen LogP) is 4.77. The molecular weight excluding hydrogens is 378 g/mol. The van der Waals surface area contributed by atoms with Gasteiger partial charge < -0.3 is 14.8 Å². The molecule has 5 heteroatoms. The average molecular weight is 414 g/mol. The van der Waals surface area contributed by atoms with Crippen molar-refractivity contribution in [1.29, 1.82) is 0 Å². The fraction of sp³-hybridized carbons (Fsp3) is 0.458. The topological polar surface area (TPSA) is 60.8 Å². The molecule has 0 spiro atoms. The third-order valence-corrected chi connectivity index (χ3v) is 9.58. The molecule has 0 aliphatic rings. The minimum atomic E-state index is -2.31. The Morgan fingerprint density at radius 1 is 1.03 bits per heavy atom. The van der Waals surface area contributed by atoms with Crippen LogP contribution in [0.15, 0.2) is 48.5 Å². The fourth-order valence-electron chi connectivity index (χ4n) is 3.29. The lowest BCUT2D eigenvalue weighted by Gasteiger charge is -2.35. The van der Waals surface area contributed by atoms with E-state index in [9.17, 15) is 14.7 Å². The van der Waals surface area contributed by atoms with E-state index in [1.54, 1.807) is 17.0 Å². The monoisotopic (exact) mass is 413 g/mol. The van der Waals surface area contributed by atoms with Gasteiger partial charge in [0.15, 0.2) is 8.32 Å². The second-order valence-corrected chi connectivity index (χ2v) is 13.3. The first-order valence-electron chi connectivity index (χ1n) is 10.4. The van der Waals surface area contributed by atoms with Crippen molar-refractivity contribution in [3.63, 3.8) is 0 Å². The minimum absolute atomic E-state index is 0.0102. The van der Waals surface area contributed by atoms with E-state index in [1.165, 1.54) is 0 Å². The van der Waals surface area contributed by atoms with Crippen molar-refractivity contribution in [3.8, 4) is 0 Å². The van der Waals surface area contributed by atoms with Crippen LogP contribution in [0, 0.1) is 0 Å². The van der Waals surface area contributed by atoms with E-state index in [-0.39, 0.29) is 10.9 Å². The number of rotatable bonds is 8. The Kier molecular flexibility index (Phi) is 7.43. The van der Waals surface area contributed by atoms with Gasteiger partial charge in [-0.15, -0.1) is 0 Å². The van der Waals surface area contributed by atoms with Crippen molar-refractivity contribution >= 4 is 14.2 Å². The van der Waals surface area contributed by atoms with E-state index in [0.717, 1.165) is 23.1 Å². The highest BCUT2D eigenvalue weighted by Gasteiger charge is 2.37. The number of aliphatic hydroxyl groups excluding tert-OH is 1. The molecule has 29 heavy (non-hydrogen) atoms. The van der Waals surface area contributed by atoms with Crippen LogP contribution in [0.1, 0.15) is 60.8 Å². The van der Waals surface area contributed by atoms with Crippen molar-refractivity contribution in [2.75, 3.05) is 13.1 Å². The van der Waals surface area contributed by atoms with E-state index >= 15 is 0 Å². The Labute approximate surface area is 176 Å². The third kappa shape index (κ3) is 5.56. The van der Waals surface area contributed by atoms with Gasteiger partial charge in [-0.25, -0.2) is 0 Å². The van der Waals surface area contributed by atoms with E-state index < -0.39 is 14.4 Å². The summed E-state index contributed by atoms with van der Waals surface area (Å²) in [4.78, 5) is 24.8. The van der Waals surface area contributed by atoms with Crippen LogP contribution in [0.25, 0.3) is 0 Å². The highest BCUT2D eigenvalue weighted by Crippen LogP contribution is 2.39. The summed E-state index contributed by atoms with van der Waals surface area (Å²) in [6.07, 6.45) is 0.00989. The summed E-state index contributed by atoms with van der Waals surface area (Å²) in [7, 11) is -2.31. The number of nitrogens with zero attached hydrogens (tertiary/aromatic N) is 1. The standard InChI is InChI=1S/C24H35NO3Si/c1-7-25(8-2)23(27)20-14-12-19(13-15-20)22(26)21-11-9-10-18(16-21)17-24(3,4)29(5,6)28/h9-16,22,26,28H,7-8,17H2,1-6H3. The number of amides is 1. The zero-order chi connectivity index (χ0) is 21.8. The van der Waals surface area contributed by atoms with Gasteiger partial charge in [-0.2, -0.15) is 0 Å². The summed E-state index contributed by atoms with van der Waals surface area (Å²) >= 11 is 0. The van der Waals surface area contributed by atoms with Crippen LogP contribution in [-0.4, -0.2) is 42.1 Å². The van der Waals surface area contributed by atoms with E-state index in [0.29, 0.717) is 18.7 Å². The van der Waals surface area contributed by atoms with Gasteiger partial charge in [0.1, 0.15) is 6.10 Å². The lowest BCUT2D eigenvalue weighted by molar-refractivity contribution is 0.0773. The van der Waals surface area contributed by atoms with E-state index in [2.05, 4.69) is 13.8 Å². The van der Waals surface area contributed by atoms with Crippen molar-refractivity contribution < 1.29 is 14.7 Å². The lowest BCUT2D eigenvalue weighted by Crippen LogP contribution is -2.40. The van der Waals surface area contributed by atoms with Crippen molar-refractivity contribution in [1.82, 2.24) is 4.90 Å². The molecule has 0 heterocycles. The smallest absolute Gasteiger partial charge is 0.253 e. The molecule has 0 saturated carbocycles. The first-order chi connectivity index (χ1) is 13.5. The highest BCUT2D eigenvalue weighted by molar-refractivity contribution is 6.72. The first-order valence-corrected chi connectivity index (χ1v) is 13.3. The Balaban J connectivity index is 2.20. The molecule has 0 radical (unpaired) electrons. The van der Waals surface area contributed by atoms with Gasteiger partial charge in [-0.1, -0.05) is 50.2 Å². The maximum Gasteiger partial charge on any atom is 0.253 e. The summed E-state index contributed by atoms with van der Waals surface area (Å²) < 4.78 is 0. The second-order valence-electron chi connectivity index (χ2n) is 8.87. The zero-order valence-electron chi connectivity index (χ0n) is 18.6. The Morgan fingerprint density at radius 3 is 2.14 bits per heavy atom. The molecular formula is C24H35NO3Si. The van der Waals surface area contributed by atoms with Gasteiger partial charge in [0, 0.05) is 18.7 Å². The fourth-order valence-corrected chi connectivity index (χ4v) is 3.93. The van der Waals surface area contributed by atoms with Crippen molar-refractivity contribution in [2.45, 2.75) is 58.4 Å². The maximum atomic E-state index is 12.5. The first kappa shape index (κ1) is 23.3. The second kappa shape index (κ2) is 9.24. The van der Waals surface area contributed by atoms with Gasteiger partial charge in [0.2, 0.25) is 0 Å². The molecule has 0 bridgehead atoms. The average Bonchev–Trinajstić information content (AvgIpc) is 2.67. The molecule has 1 atom stereocenters. The molecule has 1 amide bonds. The van der Waals surface area contributed by atoms with Gasteiger partial charge in [0.05, 0.1) is 0 Å². The Hall–Kier alpha value is -1.95. The Morgan fingerprint density at radius 2 is 1.62 bits per heavy atom. The zero-order valence-corrected chi connectivity index (χ0v) is 19.6. The normalized spacial score (nSPS) is 13.2. The Bertz CT molecular complexity index is 821. The molecule has 0 aliphatic carbocycles. The van der Waals surface area contributed by atoms with Gasteiger partial charge >= 0.3 is 0 Å². The van der Waals surface area contributed by atoms with Crippen LogP contribution in [0.4, 0.5) is 0 Å². The van der Waals surface area contributed by atoms with Crippen LogP contribution < -0.4 is 0 Å². The minimum Gasteiger partial charge on any atom is -0.432 e. The quantitative estimate of drug-likeness (QED) is 0.613. The molecule has 2 aromatic rings. The molecule has 2 aromatic carbocycles. The van der Waals surface area contributed by atoms with Gasteiger partial charge in [-0.3, -0.25) is 4.79 Å². The number of carbonyl (C=O) groups is 1. The molecule has 0 aliphatic heterocycles. The maximum absolute atomic E-state index is 12.5. The van der Waals surface area contributed by atoms with Crippen LogP contribution in [0.3, 0.4) is 0 Å².